The Balaban J connectivity index is 1.58. The first kappa shape index (κ1) is 23.9. The molecule has 4 rings (SSSR count). The predicted octanol–water partition coefficient (Wildman–Crippen LogP) is 4.44. The van der Waals surface area contributed by atoms with Gasteiger partial charge in [0.2, 0.25) is 0 Å². The second-order valence-electron chi connectivity index (χ2n) is 8.07. The number of urea groups is 1. The van der Waals surface area contributed by atoms with E-state index in [4.69, 9.17) is 14.2 Å². The van der Waals surface area contributed by atoms with E-state index in [-0.39, 0.29) is 18.0 Å². The average Bonchev–Trinajstić information content (AvgIpc) is 2.92. The minimum atomic E-state index is -0.311. The Morgan fingerprint density at radius 2 is 1.49 bits per heavy atom. The molecule has 3 aromatic carbocycles. The minimum absolute atomic E-state index is 0.135. The standard InChI is InChI=1S/C27H29N3O5/c1-33-23-12-8-7-11-21(23)28-27(32)29-15-16-30(22(18-29)19-9-5-4-6-10-19)26(31)20-13-14-24(34-2)25(17-20)35-3/h4-14,17,22H,15-16,18H2,1-3H3,(H,28,32). The van der Waals surface area contributed by atoms with Crippen molar-refractivity contribution in [2.24, 2.45) is 0 Å². The maximum atomic E-state index is 13.6. The van der Waals surface area contributed by atoms with Crippen molar-refractivity contribution in [2.75, 3.05) is 46.3 Å². The van der Waals surface area contributed by atoms with Crippen LogP contribution in [-0.2, 0) is 0 Å². The summed E-state index contributed by atoms with van der Waals surface area (Å²) in [5.74, 6) is 1.50. The van der Waals surface area contributed by atoms with Gasteiger partial charge in [0.1, 0.15) is 5.75 Å². The molecule has 3 amide bonds. The number of ether oxygens (including phenoxy) is 3. The Morgan fingerprint density at radius 3 is 2.20 bits per heavy atom. The number of hydrogen-bond donors (Lipinski definition) is 1. The van der Waals surface area contributed by atoms with Gasteiger partial charge in [-0.05, 0) is 35.9 Å². The van der Waals surface area contributed by atoms with Crippen molar-refractivity contribution in [3.63, 3.8) is 0 Å². The third-order valence-electron chi connectivity index (χ3n) is 6.09. The maximum absolute atomic E-state index is 13.6. The van der Waals surface area contributed by atoms with Crippen LogP contribution in [0.5, 0.6) is 17.2 Å². The molecule has 1 atom stereocenters. The lowest BCUT2D eigenvalue weighted by molar-refractivity contribution is 0.0516. The highest BCUT2D eigenvalue weighted by atomic mass is 16.5. The van der Waals surface area contributed by atoms with Crippen LogP contribution in [0, 0.1) is 0 Å². The number of para-hydroxylation sites is 2. The Kier molecular flexibility index (Phi) is 7.40. The summed E-state index contributed by atoms with van der Waals surface area (Å²) in [6, 6.07) is 21.6. The summed E-state index contributed by atoms with van der Waals surface area (Å²) >= 11 is 0. The Labute approximate surface area is 205 Å². The summed E-state index contributed by atoms with van der Waals surface area (Å²) in [5.41, 5.74) is 2.05. The van der Waals surface area contributed by atoms with E-state index in [9.17, 15) is 9.59 Å². The van der Waals surface area contributed by atoms with Crippen LogP contribution < -0.4 is 19.5 Å². The number of amides is 3. The average molecular weight is 476 g/mol. The molecule has 1 heterocycles. The van der Waals surface area contributed by atoms with Crippen molar-refractivity contribution >= 4 is 17.6 Å². The van der Waals surface area contributed by atoms with E-state index in [2.05, 4.69) is 5.32 Å². The molecule has 0 aromatic heterocycles. The van der Waals surface area contributed by atoms with Crippen LogP contribution in [0.3, 0.4) is 0 Å². The fourth-order valence-electron chi connectivity index (χ4n) is 4.25. The smallest absolute Gasteiger partial charge is 0.322 e. The monoisotopic (exact) mass is 475 g/mol. The van der Waals surface area contributed by atoms with E-state index in [1.165, 1.54) is 7.11 Å². The highest BCUT2D eigenvalue weighted by molar-refractivity contribution is 5.96. The Morgan fingerprint density at radius 1 is 0.800 bits per heavy atom. The van der Waals surface area contributed by atoms with Gasteiger partial charge in [-0.25, -0.2) is 4.79 Å². The van der Waals surface area contributed by atoms with Crippen molar-refractivity contribution in [3.05, 3.63) is 83.9 Å². The van der Waals surface area contributed by atoms with Gasteiger partial charge in [0.25, 0.3) is 5.91 Å². The van der Waals surface area contributed by atoms with Crippen LogP contribution in [0.4, 0.5) is 10.5 Å². The molecule has 0 bridgehead atoms. The van der Waals surface area contributed by atoms with E-state index in [1.54, 1.807) is 49.5 Å². The molecule has 8 heteroatoms. The van der Waals surface area contributed by atoms with E-state index in [0.29, 0.717) is 48.1 Å². The van der Waals surface area contributed by atoms with Crippen molar-refractivity contribution < 1.29 is 23.8 Å². The van der Waals surface area contributed by atoms with Gasteiger partial charge in [-0.2, -0.15) is 0 Å². The number of rotatable bonds is 6. The van der Waals surface area contributed by atoms with Crippen LogP contribution >= 0.6 is 0 Å². The quantitative estimate of drug-likeness (QED) is 0.570. The molecule has 0 aliphatic carbocycles. The van der Waals surface area contributed by atoms with Crippen molar-refractivity contribution in [1.29, 1.82) is 0 Å². The van der Waals surface area contributed by atoms with Gasteiger partial charge < -0.3 is 29.3 Å². The summed E-state index contributed by atoms with van der Waals surface area (Å²) in [5, 5.41) is 2.93. The Hall–Kier alpha value is -4.20. The van der Waals surface area contributed by atoms with Crippen molar-refractivity contribution in [2.45, 2.75) is 6.04 Å². The van der Waals surface area contributed by atoms with Gasteiger partial charge in [-0.3, -0.25) is 4.79 Å². The highest BCUT2D eigenvalue weighted by Gasteiger charge is 2.34. The van der Waals surface area contributed by atoms with Crippen LogP contribution in [0.15, 0.2) is 72.8 Å². The maximum Gasteiger partial charge on any atom is 0.322 e. The van der Waals surface area contributed by atoms with E-state index in [0.717, 1.165) is 5.56 Å². The number of benzene rings is 3. The molecule has 1 saturated heterocycles. The fraction of sp³-hybridized carbons (Fsp3) is 0.259. The number of piperazine rings is 1. The zero-order chi connectivity index (χ0) is 24.8. The summed E-state index contributed by atoms with van der Waals surface area (Å²) in [6.45, 7) is 1.12. The zero-order valence-electron chi connectivity index (χ0n) is 20.1. The molecule has 1 aliphatic heterocycles. The van der Waals surface area contributed by atoms with Gasteiger partial charge in [0.15, 0.2) is 11.5 Å². The van der Waals surface area contributed by atoms with Crippen molar-refractivity contribution in [1.82, 2.24) is 9.80 Å². The molecule has 1 unspecified atom stereocenters. The second kappa shape index (κ2) is 10.8. The molecule has 182 valence electrons. The van der Waals surface area contributed by atoms with E-state index < -0.39 is 0 Å². The lowest BCUT2D eigenvalue weighted by Gasteiger charge is -2.41. The Bertz CT molecular complexity index is 1180. The minimum Gasteiger partial charge on any atom is -0.495 e. The number of nitrogens with zero attached hydrogens (tertiary/aromatic N) is 2. The molecule has 1 N–H and O–H groups in total. The number of carbonyl (C=O) groups is 2. The van der Waals surface area contributed by atoms with Gasteiger partial charge in [-0.1, -0.05) is 42.5 Å². The molecule has 3 aromatic rings. The number of methoxy groups -OCH3 is 3. The van der Waals surface area contributed by atoms with Gasteiger partial charge >= 0.3 is 6.03 Å². The molecule has 0 radical (unpaired) electrons. The normalized spacial score (nSPS) is 15.3. The van der Waals surface area contributed by atoms with E-state index >= 15 is 0 Å². The van der Waals surface area contributed by atoms with Crippen LogP contribution in [0.2, 0.25) is 0 Å². The van der Waals surface area contributed by atoms with Gasteiger partial charge in [-0.15, -0.1) is 0 Å². The molecule has 0 spiro atoms. The first-order valence-electron chi connectivity index (χ1n) is 11.3. The molecular weight excluding hydrogens is 446 g/mol. The topological polar surface area (TPSA) is 80.3 Å². The predicted molar refractivity (Wildman–Crippen MR) is 133 cm³/mol. The third-order valence-corrected chi connectivity index (χ3v) is 6.09. The summed E-state index contributed by atoms with van der Waals surface area (Å²) in [4.78, 5) is 30.3. The van der Waals surface area contributed by atoms with Crippen LogP contribution in [0.25, 0.3) is 0 Å². The largest absolute Gasteiger partial charge is 0.495 e. The van der Waals surface area contributed by atoms with Gasteiger partial charge in [0.05, 0.1) is 33.1 Å². The molecule has 8 nitrogen and oxygen atoms in total. The first-order chi connectivity index (χ1) is 17.0. The third kappa shape index (κ3) is 5.16. The van der Waals surface area contributed by atoms with Crippen LogP contribution in [-0.4, -0.2) is 62.7 Å². The van der Waals surface area contributed by atoms with Crippen LogP contribution in [0.1, 0.15) is 22.0 Å². The molecular formula is C27H29N3O5. The number of nitrogens with one attached hydrogen (secondary N) is 1. The number of carbonyl (C=O) groups excluding carboxylic acids is 2. The van der Waals surface area contributed by atoms with Gasteiger partial charge in [0, 0.05) is 25.2 Å². The lowest BCUT2D eigenvalue weighted by atomic mass is 10.0. The molecule has 35 heavy (non-hydrogen) atoms. The molecule has 1 aliphatic rings. The lowest BCUT2D eigenvalue weighted by Crippen LogP contribution is -2.53. The molecule has 0 saturated carbocycles. The first-order valence-corrected chi connectivity index (χ1v) is 11.3. The second-order valence-corrected chi connectivity index (χ2v) is 8.07. The van der Waals surface area contributed by atoms with Crippen molar-refractivity contribution in [3.8, 4) is 17.2 Å². The molecule has 1 fully saturated rings. The summed E-state index contributed by atoms with van der Waals surface area (Å²) in [6.07, 6.45) is 0. The SMILES string of the molecule is COc1ccccc1NC(=O)N1CCN(C(=O)c2ccc(OC)c(OC)c2)C(c2ccccc2)C1. The fourth-order valence-corrected chi connectivity index (χ4v) is 4.25. The number of anilines is 1. The summed E-state index contributed by atoms with van der Waals surface area (Å²) in [7, 11) is 4.66. The highest BCUT2D eigenvalue weighted by Crippen LogP contribution is 2.32. The number of hydrogen-bond acceptors (Lipinski definition) is 5. The zero-order valence-corrected chi connectivity index (χ0v) is 20.1. The summed E-state index contributed by atoms with van der Waals surface area (Å²) < 4.78 is 16.0. The van der Waals surface area contributed by atoms with E-state index in [1.807, 2.05) is 47.4 Å².